The van der Waals surface area contributed by atoms with Crippen molar-refractivity contribution >= 4 is 5.91 Å². The summed E-state index contributed by atoms with van der Waals surface area (Å²) in [5.74, 6) is -0.368. The maximum Gasteiger partial charge on any atom is 0.245 e. The molecule has 0 saturated carbocycles. The summed E-state index contributed by atoms with van der Waals surface area (Å²) in [6.07, 6.45) is 0. The van der Waals surface area contributed by atoms with Crippen molar-refractivity contribution in [1.82, 2.24) is 5.48 Å². The molecule has 5 nitrogen and oxygen atoms in total. The normalized spacial score (nSPS) is 12.3. The van der Waals surface area contributed by atoms with Crippen LogP contribution in [0.2, 0.25) is 0 Å². The van der Waals surface area contributed by atoms with Gasteiger partial charge in [-0.25, -0.2) is 0 Å². The smallest absolute Gasteiger partial charge is 0.245 e. The molecule has 0 aliphatic carbocycles. The number of benzene rings is 1. The number of phenolic OH excluding ortho intramolecular Hbond substituents is 1. The second kappa shape index (κ2) is 5.33. The Hall–Kier alpha value is -1.59. The number of carbonyl (C=O) groups is 1. The summed E-state index contributed by atoms with van der Waals surface area (Å²) in [6.45, 7) is 1.61. The van der Waals surface area contributed by atoms with Gasteiger partial charge in [-0.2, -0.15) is 5.48 Å². The Morgan fingerprint density at radius 1 is 1.60 bits per heavy atom. The fourth-order valence-electron chi connectivity index (χ4n) is 1.15. The van der Waals surface area contributed by atoms with E-state index in [2.05, 4.69) is 5.48 Å². The van der Waals surface area contributed by atoms with E-state index in [0.717, 1.165) is 0 Å². The van der Waals surface area contributed by atoms with E-state index in [4.69, 9.17) is 10.6 Å². The molecule has 0 spiro atoms. The molecule has 0 aliphatic heterocycles. The fraction of sp³-hybridized carbons (Fsp3) is 0.300. The molecule has 82 valence electrons. The van der Waals surface area contributed by atoms with E-state index in [1.807, 2.05) is 0 Å². The molecule has 0 aromatic heterocycles. The van der Waals surface area contributed by atoms with Gasteiger partial charge in [0.25, 0.3) is 0 Å². The second-order valence-corrected chi connectivity index (χ2v) is 3.15. The molecule has 1 atom stereocenters. The predicted octanol–water partition coefficient (Wildman–Crippen LogP) is 0.460. The summed E-state index contributed by atoms with van der Waals surface area (Å²) in [7, 11) is 0. The van der Waals surface area contributed by atoms with E-state index in [0.29, 0.717) is 5.56 Å². The van der Waals surface area contributed by atoms with Gasteiger partial charge in [0.1, 0.15) is 12.4 Å². The first-order valence-corrected chi connectivity index (χ1v) is 4.54. The molecule has 15 heavy (non-hydrogen) atoms. The molecular weight excluding hydrogens is 196 g/mol. The average Bonchev–Trinajstić information content (AvgIpc) is 2.17. The van der Waals surface area contributed by atoms with E-state index < -0.39 is 5.91 Å². The van der Waals surface area contributed by atoms with E-state index in [1.165, 1.54) is 0 Å². The van der Waals surface area contributed by atoms with E-state index in [9.17, 15) is 9.90 Å². The highest BCUT2D eigenvalue weighted by Gasteiger charge is 2.09. The van der Waals surface area contributed by atoms with Crippen LogP contribution in [0.3, 0.4) is 0 Å². The Morgan fingerprint density at radius 3 is 2.87 bits per heavy atom. The lowest BCUT2D eigenvalue weighted by Gasteiger charge is -2.14. The van der Waals surface area contributed by atoms with Crippen molar-refractivity contribution in [2.24, 2.45) is 5.73 Å². The highest BCUT2D eigenvalue weighted by atomic mass is 16.6. The molecule has 1 aromatic carbocycles. The molecule has 5 heteroatoms. The molecule has 1 aromatic rings. The summed E-state index contributed by atoms with van der Waals surface area (Å²) < 4.78 is 0. The highest BCUT2D eigenvalue weighted by Crippen LogP contribution is 2.22. The Kier molecular flexibility index (Phi) is 4.08. The highest BCUT2D eigenvalue weighted by molar-refractivity contribution is 5.74. The largest absolute Gasteiger partial charge is 0.508 e. The first kappa shape index (κ1) is 11.5. The van der Waals surface area contributed by atoms with Crippen LogP contribution in [0.4, 0.5) is 0 Å². The summed E-state index contributed by atoms with van der Waals surface area (Å²) in [4.78, 5) is 15.2. The monoisotopic (exact) mass is 210 g/mol. The zero-order valence-corrected chi connectivity index (χ0v) is 8.43. The number of hydroxylamine groups is 1. The summed E-state index contributed by atoms with van der Waals surface area (Å²) in [5, 5.41) is 9.50. The number of amides is 1. The van der Waals surface area contributed by atoms with Gasteiger partial charge in [0.05, 0.1) is 6.04 Å². The molecule has 0 aliphatic rings. The van der Waals surface area contributed by atoms with Crippen molar-refractivity contribution in [3.8, 4) is 5.75 Å². The van der Waals surface area contributed by atoms with Crippen LogP contribution in [0, 0.1) is 0 Å². The van der Waals surface area contributed by atoms with Crippen molar-refractivity contribution in [3.63, 3.8) is 0 Å². The van der Waals surface area contributed by atoms with E-state index in [1.54, 1.807) is 31.2 Å². The van der Waals surface area contributed by atoms with Gasteiger partial charge < -0.3 is 10.8 Å². The van der Waals surface area contributed by atoms with Crippen molar-refractivity contribution in [2.75, 3.05) is 6.61 Å². The number of nitrogens with one attached hydrogen (secondary N) is 1. The fourth-order valence-corrected chi connectivity index (χ4v) is 1.15. The van der Waals surface area contributed by atoms with Crippen LogP contribution < -0.4 is 11.2 Å². The van der Waals surface area contributed by atoms with Gasteiger partial charge in [-0.15, -0.1) is 0 Å². The number of primary amides is 1. The van der Waals surface area contributed by atoms with E-state index >= 15 is 0 Å². The predicted molar refractivity (Wildman–Crippen MR) is 54.8 cm³/mol. The molecule has 1 amide bonds. The molecule has 4 N–H and O–H groups in total. The van der Waals surface area contributed by atoms with Gasteiger partial charge >= 0.3 is 0 Å². The zero-order valence-electron chi connectivity index (χ0n) is 8.43. The third-order valence-electron chi connectivity index (χ3n) is 1.88. The third-order valence-corrected chi connectivity index (χ3v) is 1.88. The third kappa shape index (κ3) is 3.57. The molecular formula is C10H14N2O3. The minimum Gasteiger partial charge on any atom is -0.508 e. The molecule has 0 saturated heterocycles. The van der Waals surface area contributed by atoms with Crippen molar-refractivity contribution in [1.29, 1.82) is 0 Å². The summed E-state index contributed by atoms with van der Waals surface area (Å²) in [6, 6.07) is 6.67. The molecule has 0 bridgehead atoms. The lowest BCUT2D eigenvalue weighted by atomic mass is 10.1. The molecule has 0 fully saturated rings. The van der Waals surface area contributed by atoms with Gasteiger partial charge in [0.15, 0.2) is 0 Å². The SMILES string of the molecule is CC(NOCC(N)=O)c1ccccc1O. The topological polar surface area (TPSA) is 84.6 Å². The number of carbonyl (C=O) groups excluding carboxylic acids is 1. The van der Waals surface area contributed by atoms with Crippen LogP contribution in [0.5, 0.6) is 5.75 Å². The van der Waals surface area contributed by atoms with Gasteiger partial charge in [0.2, 0.25) is 5.91 Å². The van der Waals surface area contributed by atoms with Crippen molar-refractivity contribution in [2.45, 2.75) is 13.0 Å². The van der Waals surface area contributed by atoms with Crippen LogP contribution in [-0.4, -0.2) is 17.6 Å². The molecule has 0 heterocycles. The number of hydrogen-bond acceptors (Lipinski definition) is 4. The van der Waals surface area contributed by atoms with Gasteiger partial charge in [0, 0.05) is 5.56 Å². The van der Waals surface area contributed by atoms with Gasteiger partial charge in [-0.05, 0) is 13.0 Å². The number of hydrogen-bond donors (Lipinski definition) is 3. The zero-order chi connectivity index (χ0) is 11.3. The van der Waals surface area contributed by atoms with Crippen LogP contribution >= 0.6 is 0 Å². The molecule has 1 rings (SSSR count). The van der Waals surface area contributed by atoms with Crippen molar-refractivity contribution in [3.05, 3.63) is 29.8 Å². The Labute approximate surface area is 87.8 Å². The quantitative estimate of drug-likeness (QED) is 0.616. The minimum atomic E-state index is -0.549. The number of phenols is 1. The lowest BCUT2D eigenvalue weighted by Crippen LogP contribution is -2.26. The Morgan fingerprint density at radius 2 is 2.27 bits per heavy atom. The molecule has 0 radical (unpaired) electrons. The van der Waals surface area contributed by atoms with Gasteiger partial charge in [-0.3, -0.25) is 9.63 Å². The summed E-state index contributed by atoms with van der Waals surface area (Å²) in [5.41, 5.74) is 8.20. The standard InChI is InChI=1S/C10H14N2O3/c1-7(12-15-6-10(11)14)8-4-2-3-5-9(8)13/h2-5,7,12-13H,6H2,1H3,(H2,11,14). The van der Waals surface area contributed by atoms with E-state index in [-0.39, 0.29) is 18.4 Å². The minimum absolute atomic E-state index is 0.181. The lowest BCUT2D eigenvalue weighted by molar-refractivity contribution is -0.126. The molecule has 1 unspecified atom stereocenters. The first-order valence-electron chi connectivity index (χ1n) is 4.54. The number of para-hydroxylation sites is 1. The van der Waals surface area contributed by atoms with Gasteiger partial charge in [-0.1, -0.05) is 18.2 Å². The summed E-state index contributed by atoms with van der Waals surface area (Å²) >= 11 is 0. The van der Waals surface area contributed by atoms with Crippen LogP contribution in [0.15, 0.2) is 24.3 Å². The maximum atomic E-state index is 10.4. The maximum absolute atomic E-state index is 10.4. The second-order valence-electron chi connectivity index (χ2n) is 3.15. The van der Waals surface area contributed by atoms with Crippen LogP contribution in [0.1, 0.15) is 18.5 Å². The first-order chi connectivity index (χ1) is 7.11. The number of nitrogens with two attached hydrogens (primary N) is 1. The number of aromatic hydroxyl groups is 1. The van der Waals surface area contributed by atoms with Crippen LogP contribution in [0.25, 0.3) is 0 Å². The Balaban J connectivity index is 2.50. The van der Waals surface area contributed by atoms with Crippen LogP contribution in [-0.2, 0) is 9.63 Å². The Bertz CT molecular complexity index is 341. The number of rotatable bonds is 5. The van der Waals surface area contributed by atoms with Crippen molar-refractivity contribution < 1.29 is 14.7 Å². The average molecular weight is 210 g/mol.